The van der Waals surface area contributed by atoms with Gasteiger partial charge in [0.05, 0.1) is 11.1 Å². The molecule has 0 aliphatic heterocycles. The van der Waals surface area contributed by atoms with Crippen LogP contribution in [0, 0.1) is 0 Å². The van der Waals surface area contributed by atoms with Gasteiger partial charge in [-0.1, -0.05) is 140 Å². The van der Waals surface area contributed by atoms with Crippen LogP contribution >= 0.6 is 11.3 Å². The van der Waals surface area contributed by atoms with Crippen molar-refractivity contribution in [2.45, 2.75) is 12.3 Å². The van der Waals surface area contributed by atoms with Crippen LogP contribution in [0.5, 0.6) is 0 Å². The number of para-hydroxylation sites is 1. The van der Waals surface area contributed by atoms with Gasteiger partial charge < -0.3 is 9.32 Å². The molecule has 250 valence electrons. The fourth-order valence-electron chi connectivity index (χ4n) is 8.87. The summed E-state index contributed by atoms with van der Waals surface area (Å²) >= 11 is 1.91. The summed E-state index contributed by atoms with van der Waals surface area (Å²) in [6, 6.07) is 66.1. The highest BCUT2D eigenvalue weighted by molar-refractivity contribution is 7.26. The van der Waals surface area contributed by atoms with Crippen LogP contribution in [-0.2, 0) is 5.41 Å². The minimum absolute atomic E-state index is 0.263. The van der Waals surface area contributed by atoms with Gasteiger partial charge in [-0.05, 0) is 88.3 Å². The Balaban J connectivity index is 1.12. The molecule has 0 amide bonds. The Morgan fingerprint density at radius 3 is 1.87 bits per heavy atom. The molecule has 0 unspecified atom stereocenters. The van der Waals surface area contributed by atoms with Crippen LogP contribution in [0.15, 0.2) is 186 Å². The molecule has 0 saturated heterocycles. The van der Waals surface area contributed by atoms with E-state index in [1.165, 1.54) is 59.1 Å². The first-order valence-corrected chi connectivity index (χ1v) is 19.0. The number of fused-ring (bicyclic) bond motifs is 9. The van der Waals surface area contributed by atoms with Gasteiger partial charge >= 0.3 is 0 Å². The molecule has 0 N–H and O–H groups in total. The number of thiophene rings is 1. The molecule has 0 atom stereocenters. The van der Waals surface area contributed by atoms with E-state index in [9.17, 15) is 0 Å². The van der Waals surface area contributed by atoms with Gasteiger partial charge in [0.15, 0.2) is 0 Å². The molecule has 3 heteroatoms. The highest BCUT2D eigenvalue weighted by atomic mass is 32.1. The number of anilines is 3. The molecular formula is C50H33NOS. The van der Waals surface area contributed by atoms with Crippen LogP contribution in [0.25, 0.3) is 64.4 Å². The Morgan fingerprint density at radius 2 is 1.08 bits per heavy atom. The fourth-order valence-corrected chi connectivity index (χ4v) is 10.2. The molecule has 0 radical (unpaired) electrons. The van der Waals surface area contributed by atoms with Gasteiger partial charge in [0.1, 0.15) is 11.2 Å². The first-order chi connectivity index (χ1) is 26.2. The van der Waals surface area contributed by atoms with Crippen molar-refractivity contribution in [3.05, 3.63) is 199 Å². The number of hydrogen-bond acceptors (Lipinski definition) is 3. The molecule has 2 heterocycles. The van der Waals surface area contributed by atoms with E-state index in [1.54, 1.807) is 0 Å². The quantitative estimate of drug-likeness (QED) is 0.178. The molecule has 0 bridgehead atoms. The van der Waals surface area contributed by atoms with E-state index >= 15 is 0 Å². The zero-order valence-electron chi connectivity index (χ0n) is 29.1. The SMILES string of the molecule is CC1(c2cccc3c2sc2cc(N(c4ccc(-c5ccccc5)cc4)c4cccc5oc6ccccc6c45)ccc23)c2ccccc2-c2ccccc21. The summed E-state index contributed by atoms with van der Waals surface area (Å²) in [6.45, 7) is 2.42. The predicted octanol–water partition coefficient (Wildman–Crippen LogP) is 14.4. The lowest BCUT2D eigenvalue weighted by molar-refractivity contribution is 0.669. The van der Waals surface area contributed by atoms with E-state index in [-0.39, 0.29) is 5.41 Å². The molecule has 10 aromatic rings. The van der Waals surface area contributed by atoms with Gasteiger partial charge in [0.25, 0.3) is 0 Å². The maximum absolute atomic E-state index is 6.40. The van der Waals surface area contributed by atoms with Crippen molar-refractivity contribution in [3.8, 4) is 22.3 Å². The predicted molar refractivity (Wildman–Crippen MR) is 224 cm³/mol. The van der Waals surface area contributed by atoms with E-state index in [2.05, 4.69) is 188 Å². The Bertz CT molecular complexity index is 2980. The van der Waals surface area contributed by atoms with Crippen LogP contribution in [-0.4, -0.2) is 0 Å². The first-order valence-electron chi connectivity index (χ1n) is 18.2. The Kier molecular flexibility index (Phi) is 6.58. The zero-order chi connectivity index (χ0) is 35.1. The lowest BCUT2D eigenvalue weighted by atomic mass is 9.74. The molecule has 53 heavy (non-hydrogen) atoms. The molecule has 8 aromatic carbocycles. The molecule has 0 spiro atoms. The minimum atomic E-state index is -0.263. The van der Waals surface area contributed by atoms with Crippen molar-refractivity contribution >= 4 is 70.5 Å². The van der Waals surface area contributed by atoms with Crippen LogP contribution in [0.2, 0.25) is 0 Å². The van der Waals surface area contributed by atoms with Crippen LogP contribution in [0.3, 0.4) is 0 Å². The zero-order valence-corrected chi connectivity index (χ0v) is 29.9. The summed E-state index contributed by atoms with van der Waals surface area (Å²) in [4.78, 5) is 2.40. The normalized spacial score (nSPS) is 13.2. The molecule has 2 aromatic heterocycles. The third-order valence-electron chi connectivity index (χ3n) is 11.4. The Morgan fingerprint density at radius 1 is 0.472 bits per heavy atom. The summed E-state index contributed by atoms with van der Waals surface area (Å²) < 4.78 is 9.01. The van der Waals surface area contributed by atoms with Crippen molar-refractivity contribution in [1.82, 2.24) is 0 Å². The standard InChI is InChI=1S/C50H33NOS/c1-50(41-19-8-5-15-36(41)37-16-6-9-20-42(37)50)43-21-11-18-39-38-30-29-35(31-47(38)53-49(39)43)51(34-27-25-33(26-28-34)32-13-3-2-4-14-32)44-22-12-24-46-48(44)40-17-7-10-23-45(40)52-46/h2-31H,1H3. The van der Waals surface area contributed by atoms with Crippen LogP contribution in [0.4, 0.5) is 17.1 Å². The minimum Gasteiger partial charge on any atom is -0.456 e. The summed E-state index contributed by atoms with van der Waals surface area (Å²) in [7, 11) is 0. The third kappa shape index (κ3) is 4.44. The summed E-state index contributed by atoms with van der Waals surface area (Å²) in [5.41, 5.74) is 14.0. The molecule has 0 fully saturated rings. The average Bonchev–Trinajstić information content (AvgIpc) is 3.87. The van der Waals surface area contributed by atoms with Crippen molar-refractivity contribution < 1.29 is 4.42 Å². The molecular weight excluding hydrogens is 663 g/mol. The molecule has 2 nitrogen and oxygen atoms in total. The second-order valence-corrected chi connectivity index (χ2v) is 15.2. The number of rotatable bonds is 5. The van der Waals surface area contributed by atoms with E-state index in [0.29, 0.717) is 0 Å². The number of benzene rings is 8. The summed E-state index contributed by atoms with van der Waals surface area (Å²) in [5.74, 6) is 0. The monoisotopic (exact) mass is 695 g/mol. The molecule has 1 aliphatic carbocycles. The largest absolute Gasteiger partial charge is 0.456 e. The molecule has 0 saturated carbocycles. The number of furan rings is 1. The summed E-state index contributed by atoms with van der Waals surface area (Å²) in [6.07, 6.45) is 0. The van der Waals surface area contributed by atoms with Crippen molar-refractivity contribution in [2.24, 2.45) is 0 Å². The van der Waals surface area contributed by atoms with Gasteiger partial charge in [-0.15, -0.1) is 11.3 Å². The highest BCUT2D eigenvalue weighted by Gasteiger charge is 2.41. The van der Waals surface area contributed by atoms with E-state index in [4.69, 9.17) is 4.42 Å². The van der Waals surface area contributed by atoms with Crippen LogP contribution in [0.1, 0.15) is 23.6 Å². The fraction of sp³-hybridized carbons (Fsp3) is 0.0400. The lowest BCUT2D eigenvalue weighted by Crippen LogP contribution is -2.22. The van der Waals surface area contributed by atoms with Crippen molar-refractivity contribution in [3.63, 3.8) is 0 Å². The Hall–Kier alpha value is -6.42. The summed E-state index contributed by atoms with van der Waals surface area (Å²) in [5, 5.41) is 4.81. The smallest absolute Gasteiger partial charge is 0.137 e. The Labute approximate surface area is 311 Å². The van der Waals surface area contributed by atoms with E-state index in [1.807, 2.05) is 17.4 Å². The maximum atomic E-state index is 6.40. The van der Waals surface area contributed by atoms with Gasteiger partial charge in [-0.25, -0.2) is 0 Å². The van der Waals surface area contributed by atoms with E-state index < -0.39 is 0 Å². The molecule has 11 rings (SSSR count). The lowest BCUT2D eigenvalue weighted by Gasteiger charge is -2.28. The first kappa shape index (κ1) is 30.2. The van der Waals surface area contributed by atoms with E-state index in [0.717, 1.165) is 39.0 Å². The van der Waals surface area contributed by atoms with Gasteiger partial charge in [-0.3, -0.25) is 0 Å². The van der Waals surface area contributed by atoms with Crippen LogP contribution < -0.4 is 4.90 Å². The van der Waals surface area contributed by atoms with Crippen molar-refractivity contribution in [2.75, 3.05) is 4.90 Å². The number of hydrogen-bond donors (Lipinski definition) is 0. The topological polar surface area (TPSA) is 16.4 Å². The van der Waals surface area contributed by atoms with Gasteiger partial charge in [-0.2, -0.15) is 0 Å². The third-order valence-corrected chi connectivity index (χ3v) is 12.6. The second-order valence-electron chi connectivity index (χ2n) is 14.2. The highest BCUT2D eigenvalue weighted by Crippen LogP contribution is 2.55. The van der Waals surface area contributed by atoms with Crippen molar-refractivity contribution in [1.29, 1.82) is 0 Å². The molecule has 1 aliphatic rings. The average molecular weight is 696 g/mol. The second kappa shape index (κ2) is 11.5. The number of nitrogens with zero attached hydrogens (tertiary/aromatic N) is 1. The maximum Gasteiger partial charge on any atom is 0.137 e. The van der Waals surface area contributed by atoms with Gasteiger partial charge in [0, 0.05) is 42.3 Å². The van der Waals surface area contributed by atoms with Gasteiger partial charge in [0.2, 0.25) is 0 Å².